The minimum absolute atomic E-state index is 0.157. The van der Waals surface area contributed by atoms with E-state index in [1.807, 2.05) is 4.57 Å². The monoisotopic (exact) mass is 306 g/mol. The van der Waals surface area contributed by atoms with Crippen molar-refractivity contribution < 1.29 is 5.11 Å². The van der Waals surface area contributed by atoms with Crippen molar-refractivity contribution in [3.63, 3.8) is 0 Å². The van der Waals surface area contributed by atoms with Crippen LogP contribution in [0.1, 0.15) is 28.8 Å². The molecule has 3 aromatic heterocycles. The molecule has 1 aliphatic rings. The summed E-state index contributed by atoms with van der Waals surface area (Å²) in [6, 6.07) is 2.28. The van der Waals surface area contributed by atoms with Crippen molar-refractivity contribution in [2.24, 2.45) is 0 Å². The Labute approximate surface area is 123 Å². The highest BCUT2D eigenvalue weighted by atomic mass is 35.5. The molecular formula is C13H11ClN4OS. The number of rotatable bonds is 2. The first-order chi connectivity index (χ1) is 9.79. The summed E-state index contributed by atoms with van der Waals surface area (Å²) in [6.07, 6.45) is 4.08. The van der Waals surface area contributed by atoms with Crippen molar-refractivity contribution >= 4 is 34.1 Å². The summed E-state index contributed by atoms with van der Waals surface area (Å²) in [4.78, 5) is 13.8. The summed E-state index contributed by atoms with van der Waals surface area (Å²) >= 11 is 7.75. The number of aliphatic hydroxyl groups is 1. The molecule has 0 saturated carbocycles. The van der Waals surface area contributed by atoms with Gasteiger partial charge in [-0.1, -0.05) is 11.6 Å². The number of hydrogen-bond acceptors (Lipinski definition) is 5. The molecule has 3 heterocycles. The van der Waals surface area contributed by atoms with Crippen LogP contribution in [0.2, 0.25) is 5.15 Å². The summed E-state index contributed by atoms with van der Waals surface area (Å²) in [5, 5.41) is 12.0. The van der Waals surface area contributed by atoms with Gasteiger partial charge >= 0.3 is 0 Å². The Balaban J connectivity index is 1.87. The zero-order valence-electron chi connectivity index (χ0n) is 10.4. The number of aliphatic hydroxyl groups excluding tert-OH is 1. The van der Waals surface area contributed by atoms with Gasteiger partial charge in [-0.25, -0.2) is 15.0 Å². The van der Waals surface area contributed by atoms with E-state index < -0.39 is 0 Å². The third-order valence-corrected chi connectivity index (χ3v) is 5.21. The Morgan fingerprint density at radius 1 is 1.40 bits per heavy atom. The highest BCUT2D eigenvalue weighted by Crippen LogP contribution is 2.45. The van der Waals surface area contributed by atoms with E-state index in [9.17, 15) is 5.11 Å². The first kappa shape index (κ1) is 12.3. The number of aromatic nitrogens is 4. The lowest BCUT2D eigenvalue weighted by Gasteiger charge is -2.13. The predicted molar refractivity (Wildman–Crippen MR) is 77.2 cm³/mol. The average Bonchev–Trinajstić information content (AvgIpc) is 3.12. The number of imidazole rings is 1. The summed E-state index contributed by atoms with van der Waals surface area (Å²) in [7, 11) is 0. The van der Waals surface area contributed by atoms with Crippen LogP contribution >= 0.6 is 22.9 Å². The lowest BCUT2D eigenvalue weighted by Crippen LogP contribution is -2.08. The molecule has 0 aromatic carbocycles. The van der Waals surface area contributed by atoms with Crippen molar-refractivity contribution in [2.75, 3.05) is 6.61 Å². The van der Waals surface area contributed by atoms with Crippen LogP contribution in [0.3, 0.4) is 0 Å². The van der Waals surface area contributed by atoms with E-state index in [-0.39, 0.29) is 18.6 Å². The van der Waals surface area contributed by atoms with Gasteiger partial charge in [0.15, 0.2) is 10.8 Å². The number of nitrogens with zero attached hydrogens (tertiary/aromatic N) is 4. The van der Waals surface area contributed by atoms with Gasteiger partial charge in [-0.15, -0.1) is 11.3 Å². The molecule has 0 amide bonds. The predicted octanol–water partition coefficient (Wildman–Crippen LogP) is 2.61. The maximum absolute atomic E-state index is 9.54. The standard InChI is InChI=1S/C13H11ClN4OS/c14-12-10-13(16-5-15-12)18(6-17-10)9-3-7(4-19)11-8(9)1-2-20-11/h1-2,5-7,9,19H,3-4H2/t7-,9+/m1/s1. The minimum atomic E-state index is 0.157. The van der Waals surface area contributed by atoms with Crippen LogP contribution in [0.5, 0.6) is 0 Å². The van der Waals surface area contributed by atoms with Gasteiger partial charge in [0.05, 0.1) is 19.0 Å². The molecular weight excluding hydrogens is 296 g/mol. The first-order valence-corrected chi connectivity index (χ1v) is 7.56. The summed E-state index contributed by atoms with van der Waals surface area (Å²) in [6.45, 7) is 0.173. The largest absolute Gasteiger partial charge is 0.396 e. The fourth-order valence-corrected chi connectivity index (χ4v) is 4.16. The maximum Gasteiger partial charge on any atom is 0.165 e. The Kier molecular flexibility index (Phi) is 2.76. The van der Waals surface area contributed by atoms with Crippen LogP contribution in [0, 0.1) is 0 Å². The second-order valence-electron chi connectivity index (χ2n) is 4.86. The number of fused-ring (bicyclic) bond motifs is 2. The summed E-state index contributed by atoms with van der Waals surface area (Å²) < 4.78 is 2.03. The quantitative estimate of drug-likeness (QED) is 0.739. The minimum Gasteiger partial charge on any atom is -0.396 e. The van der Waals surface area contributed by atoms with E-state index in [0.29, 0.717) is 10.7 Å². The van der Waals surface area contributed by atoms with Crippen molar-refractivity contribution in [3.8, 4) is 0 Å². The van der Waals surface area contributed by atoms with Gasteiger partial charge in [-0.05, 0) is 23.4 Å². The Morgan fingerprint density at radius 2 is 2.30 bits per heavy atom. The fourth-order valence-electron chi connectivity index (χ4n) is 2.91. The van der Waals surface area contributed by atoms with Crippen molar-refractivity contribution in [1.29, 1.82) is 0 Å². The second kappa shape index (κ2) is 4.51. The van der Waals surface area contributed by atoms with E-state index in [1.54, 1.807) is 17.7 Å². The van der Waals surface area contributed by atoms with Crippen molar-refractivity contribution in [1.82, 2.24) is 19.5 Å². The van der Waals surface area contributed by atoms with Crippen molar-refractivity contribution in [2.45, 2.75) is 18.4 Å². The third-order valence-electron chi connectivity index (χ3n) is 3.83. The third kappa shape index (κ3) is 1.62. The molecule has 0 bridgehead atoms. The van der Waals surface area contributed by atoms with Crippen LogP contribution in [0.25, 0.3) is 11.2 Å². The van der Waals surface area contributed by atoms with Gasteiger partial charge in [-0.2, -0.15) is 0 Å². The summed E-state index contributed by atoms with van der Waals surface area (Å²) in [5.41, 5.74) is 2.62. The zero-order chi connectivity index (χ0) is 13.7. The number of thiophene rings is 1. The first-order valence-electron chi connectivity index (χ1n) is 6.30. The van der Waals surface area contributed by atoms with Gasteiger partial charge in [0.25, 0.3) is 0 Å². The number of hydrogen-bond donors (Lipinski definition) is 1. The van der Waals surface area contributed by atoms with Crippen LogP contribution < -0.4 is 0 Å². The molecule has 3 aromatic rings. The molecule has 102 valence electrons. The SMILES string of the molecule is OC[C@H]1C[C@H](n2cnc3c(Cl)ncnc32)c2ccsc21. The normalized spacial score (nSPS) is 21.5. The molecule has 0 radical (unpaired) electrons. The molecule has 0 saturated heterocycles. The van der Waals surface area contributed by atoms with E-state index in [2.05, 4.69) is 26.4 Å². The molecule has 2 atom stereocenters. The lowest BCUT2D eigenvalue weighted by molar-refractivity contribution is 0.260. The van der Waals surface area contributed by atoms with Gasteiger partial charge in [-0.3, -0.25) is 0 Å². The molecule has 0 unspecified atom stereocenters. The molecule has 4 rings (SSSR count). The molecule has 0 aliphatic heterocycles. The Bertz CT molecular complexity index is 784. The van der Waals surface area contributed by atoms with Crippen molar-refractivity contribution in [3.05, 3.63) is 39.7 Å². The zero-order valence-corrected chi connectivity index (χ0v) is 12.0. The smallest absolute Gasteiger partial charge is 0.165 e. The van der Waals surface area contributed by atoms with Crippen LogP contribution in [0.15, 0.2) is 24.1 Å². The Morgan fingerprint density at radius 3 is 3.15 bits per heavy atom. The van der Waals surface area contributed by atoms with Gasteiger partial charge < -0.3 is 9.67 Å². The second-order valence-corrected chi connectivity index (χ2v) is 6.17. The van der Waals surface area contributed by atoms with E-state index in [1.165, 1.54) is 16.8 Å². The maximum atomic E-state index is 9.54. The van der Waals surface area contributed by atoms with Crippen LogP contribution in [-0.4, -0.2) is 31.2 Å². The molecule has 5 nitrogen and oxygen atoms in total. The molecule has 20 heavy (non-hydrogen) atoms. The Hall–Kier alpha value is -1.50. The topological polar surface area (TPSA) is 63.8 Å². The van der Waals surface area contributed by atoms with E-state index in [4.69, 9.17) is 11.6 Å². The highest BCUT2D eigenvalue weighted by molar-refractivity contribution is 7.10. The average molecular weight is 307 g/mol. The molecule has 0 spiro atoms. The number of halogens is 1. The van der Waals surface area contributed by atoms with Crippen LogP contribution in [0.4, 0.5) is 0 Å². The molecule has 0 fully saturated rings. The van der Waals surface area contributed by atoms with Gasteiger partial charge in [0.1, 0.15) is 11.8 Å². The van der Waals surface area contributed by atoms with Crippen LogP contribution in [-0.2, 0) is 0 Å². The summed E-state index contributed by atoms with van der Waals surface area (Å²) in [5.74, 6) is 0.199. The molecule has 1 aliphatic carbocycles. The lowest BCUT2D eigenvalue weighted by atomic mass is 10.1. The molecule has 7 heteroatoms. The fraction of sp³-hybridized carbons (Fsp3) is 0.308. The van der Waals surface area contributed by atoms with Gasteiger partial charge in [0, 0.05) is 10.8 Å². The van der Waals surface area contributed by atoms with E-state index >= 15 is 0 Å². The highest BCUT2D eigenvalue weighted by Gasteiger charge is 2.33. The molecule has 1 N–H and O–H groups in total. The van der Waals surface area contributed by atoms with Gasteiger partial charge in [0.2, 0.25) is 0 Å². The van der Waals surface area contributed by atoms with E-state index in [0.717, 1.165) is 12.1 Å².